The van der Waals surface area contributed by atoms with Crippen LogP contribution in [0.3, 0.4) is 0 Å². The van der Waals surface area contributed by atoms with E-state index in [2.05, 4.69) is 17.0 Å². The maximum atomic E-state index is 11.1. The summed E-state index contributed by atoms with van der Waals surface area (Å²) >= 11 is 0. The molecule has 0 radical (unpaired) electrons. The fourth-order valence-corrected chi connectivity index (χ4v) is 1.93. The number of unbranched alkanes of at least 4 members (excludes halogenated alkanes) is 5. The van der Waals surface area contributed by atoms with Crippen molar-refractivity contribution in [3.8, 4) is 0 Å². The van der Waals surface area contributed by atoms with Crippen molar-refractivity contribution in [1.29, 1.82) is 0 Å². The first-order chi connectivity index (χ1) is 7.29. The first kappa shape index (κ1) is 12.5. The standard InChI is InChI=1S/C12H23NO2/c1-3-4-5-6-7-8-9-10-11(13-10)12(14)15-2/h10-11,13H,3-9H2,1-2H3/t10-,11+/m0/s1. The molecule has 0 aromatic carbocycles. The highest BCUT2D eigenvalue weighted by Gasteiger charge is 2.42. The van der Waals surface area contributed by atoms with Crippen LogP contribution in [0.2, 0.25) is 0 Å². The average Bonchev–Trinajstić information content (AvgIpc) is 3.01. The molecule has 1 saturated heterocycles. The summed E-state index contributed by atoms with van der Waals surface area (Å²) in [6, 6.07) is 0.384. The largest absolute Gasteiger partial charge is 0.468 e. The van der Waals surface area contributed by atoms with E-state index in [1.54, 1.807) is 0 Å². The minimum Gasteiger partial charge on any atom is -0.468 e. The lowest BCUT2D eigenvalue weighted by atomic mass is 10.1. The van der Waals surface area contributed by atoms with E-state index in [0.717, 1.165) is 6.42 Å². The molecule has 15 heavy (non-hydrogen) atoms. The third-order valence-electron chi connectivity index (χ3n) is 3.01. The number of carbonyl (C=O) groups is 1. The van der Waals surface area contributed by atoms with Crippen LogP contribution in [-0.2, 0) is 9.53 Å². The van der Waals surface area contributed by atoms with E-state index in [4.69, 9.17) is 0 Å². The number of esters is 1. The van der Waals surface area contributed by atoms with Crippen molar-refractivity contribution in [2.75, 3.05) is 7.11 Å². The van der Waals surface area contributed by atoms with Crippen LogP contribution in [-0.4, -0.2) is 25.2 Å². The monoisotopic (exact) mass is 213 g/mol. The summed E-state index contributed by atoms with van der Waals surface area (Å²) in [4.78, 5) is 11.1. The van der Waals surface area contributed by atoms with E-state index in [9.17, 15) is 4.79 Å². The fourth-order valence-electron chi connectivity index (χ4n) is 1.93. The van der Waals surface area contributed by atoms with Gasteiger partial charge >= 0.3 is 5.97 Å². The number of hydrogen-bond acceptors (Lipinski definition) is 3. The van der Waals surface area contributed by atoms with Gasteiger partial charge < -0.3 is 4.74 Å². The summed E-state index contributed by atoms with van der Waals surface area (Å²) < 4.78 is 4.66. The molecule has 3 heteroatoms. The van der Waals surface area contributed by atoms with Crippen LogP contribution in [0.25, 0.3) is 0 Å². The topological polar surface area (TPSA) is 48.2 Å². The Morgan fingerprint density at radius 1 is 1.20 bits per heavy atom. The molecule has 0 unspecified atom stereocenters. The number of hydrogen-bond donors (Lipinski definition) is 1. The van der Waals surface area contributed by atoms with Gasteiger partial charge in [0.1, 0.15) is 6.04 Å². The number of carbonyl (C=O) groups excluding carboxylic acids is 1. The number of ether oxygens (including phenoxy) is 1. The van der Waals surface area contributed by atoms with Gasteiger partial charge in [-0.1, -0.05) is 45.4 Å². The van der Waals surface area contributed by atoms with Crippen LogP contribution < -0.4 is 5.32 Å². The molecule has 0 aliphatic carbocycles. The molecule has 1 fully saturated rings. The zero-order chi connectivity index (χ0) is 11.1. The first-order valence-electron chi connectivity index (χ1n) is 6.13. The van der Waals surface area contributed by atoms with Gasteiger partial charge in [0, 0.05) is 6.04 Å². The summed E-state index contributed by atoms with van der Waals surface area (Å²) in [5.41, 5.74) is 0. The van der Waals surface area contributed by atoms with E-state index in [0.29, 0.717) is 6.04 Å². The quantitative estimate of drug-likeness (QED) is 0.382. The zero-order valence-corrected chi connectivity index (χ0v) is 9.92. The van der Waals surface area contributed by atoms with Gasteiger partial charge in [-0.3, -0.25) is 10.1 Å². The molecule has 88 valence electrons. The lowest BCUT2D eigenvalue weighted by Crippen LogP contribution is -2.12. The molecule has 1 heterocycles. The molecule has 0 saturated carbocycles. The van der Waals surface area contributed by atoms with Crippen molar-refractivity contribution in [3.05, 3.63) is 0 Å². The first-order valence-corrected chi connectivity index (χ1v) is 6.13. The Kier molecular flexibility index (Phi) is 5.69. The van der Waals surface area contributed by atoms with Gasteiger partial charge in [-0.2, -0.15) is 0 Å². The Bertz CT molecular complexity index is 194. The number of nitrogens with one attached hydrogen (secondary N) is 1. The van der Waals surface area contributed by atoms with Gasteiger partial charge in [-0.15, -0.1) is 0 Å². The molecule has 0 spiro atoms. The smallest absolute Gasteiger partial charge is 0.324 e. The van der Waals surface area contributed by atoms with Crippen LogP contribution in [0.1, 0.15) is 51.9 Å². The molecule has 2 atom stereocenters. The van der Waals surface area contributed by atoms with Crippen molar-refractivity contribution in [2.45, 2.75) is 64.0 Å². The SMILES string of the molecule is CCCCCCCC[C@@H]1N[C@H]1C(=O)OC. The summed E-state index contributed by atoms with van der Waals surface area (Å²) in [6.07, 6.45) is 8.99. The molecule has 0 bridgehead atoms. The van der Waals surface area contributed by atoms with Crippen LogP contribution in [0, 0.1) is 0 Å². The van der Waals surface area contributed by atoms with Crippen molar-refractivity contribution < 1.29 is 9.53 Å². The summed E-state index contributed by atoms with van der Waals surface area (Å²) in [7, 11) is 1.45. The summed E-state index contributed by atoms with van der Waals surface area (Å²) in [5, 5.41) is 3.15. The van der Waals surface area contributed by atoms with Crippen LogP contribution in [0.15, 0.2) is 0 Å². The lowest BCUT2D eigenvalue weighted by molar-refractivity contribution is -0.140. The molecule has 1 rings (SSSR count). The second-order valence-electron chi connectivity index (χ2n) is 4.33. The van der Waals surface area contributed by atoms with Crippen molar-refractivity contribution in [1.82, 2.24) is 5.32 Å². The van der Waals surface area contributed by atoms with Gasteiger partial charge in [0.05, 0.1) is 7.11 Å². The second kappa shape index (κ2) is 6.83. The lowest BCUT2D eigenvalue weighted by Gasteiger charge is -1.99. The van der Waals surface area contributed by atoms with E-state index < -0.39 is 0 Å². The molecule has 0 aromatic rings. The minimum atomic E-state index is -0.106. The van der Waals surface area contributed by atoms with E-state index in [1.807, 2.05) is 0 Å². The second-order valence-corrected chi connectivity index (χ2v) is 4.33. The maximum absolute atomic E-state index is 11.1. The molecule has 0 amide bonds. The Balaban J connectivity index is 1.88. The highest BCUT2D eigenvalue weighted by Crippen LogP contribution is 2.19. The highest BCUT2D eigenvalue weighted by molar-refractivity contribution is 5.80. The number of methoxy groups -OCH3 is 1. The predicted octanol–water partition coefficient (Wildman–Crippen LogP) is 2.25. The zero-order valence-electron chi connectivity index (χ0n) is 9.92. The van der Waals surface area contributed by atoms with Crippen LogP contribution in [0.5, 0.6) is 0 Å². The summed E-state index contributed by atoms with van der Waals surface area (Å²) in [6.45, 7) is 2.23. The fraction of sp³-hybridized carbons (Fsp3) is 0.917. The van der Waals surface area contributed by atoms with Crippen molar-refractivity contribution >= 4 is 5.97 Å². The highest BCUT2D eigenvalue weighted by atomic mass is 16.5. The van der Waals surface area contributed by atoms with Crippen LogP contribution >= 0.6 is 0 Å². The maximum Gasteiger partial charge on any atom is 0.324 e. The molecule has 0 aromatic heterocycles. The molecule has 1 aliphatic heterocycles. The molecule has 1 N–H and O–H groups in total. The van der Waals surface area contributed by atoms with Crippen molar-refractivity contribution in [2.24, 2.45) is 0 Å². The van der Waals surface area contributed by atoms with E-state index >= 15 is 0 Å². The predicted molar refractivity (Wildman–Crippen MR) is 60.7 cm³/mol. The Morgan fingerprint density at radius 3 is 2.53 bits per heavy atom. The molecule has 3 nitrogen and oxygen atoms in total. The third kappa shape index (κ3) is 4.65. The molecular weight excluding hydrogens is 190 g/mol. The number of rotatable bonds is 8. The van der Waals surface area contributed by atoms with Crippen LogP contribution in [0.4, 0.5) is 0 Å². The summed E-state index contributed by atoms with van der Waals surface area (Å²) in [5.74, 6) is -0.106. The van der Waals surface area contributed by atoms with E-state index in [1.165, 1.54) is 45.6 Å². The van der Waals surface area contributed by atoms with Gasteiger partial charge in [0.25, 0.3) is 0 Å². The third-order valence-corrected chi connectivity index (χ3v) is 3.01. The Morgan fingerprint density at radius 2 is 1.87 bits per heavy atom. The normalized spacial score (nSPS) is 23.9. The molecule has 1 aliphatic rings. The molecular formula is C12H23NO2. The van der Waals surface area contributed by atoms with Crippen molar-refractivity contribution in [3.63, 3.8) is 0 Å². The average molecular weight is 213 g/mol. The van der Waals surface area contributed by atoms with Gasteiger partial charge in [0.15, 0.2) is 0 Å². The minimum absolute atomic E-state index is 0.00866. The van der Waals surface area contributed by atoms with Gasteiger partial charge in [-0.05, 0) is 6.42 Å². The Labute approximate surface area is 92.6 Å². The van der Waals surface area contributed by atoms with Gasteiger partial charge in [-0.25, -0.2) is 0 Å². The van der Waals surface area contributed by atoms with Gasteiger partial charge in [0.2, 0.25) is 0 Å². The Hall–Kier alpha value is -0.570. The van der Waals surface area contributed by atoms with E-state index in [-0.39, 0.29) is 12.0 Å².